The monoisotopic (exact) mass is 243 g/mol. The first kappa shape index (κ1) is 10.4. The lowest BCUT2D eigenvalue weighted by Gasteiger charge is -2.08. The fourth-order valence-electron chi connectivity index (χ4n) is 0.970. The van der Waals surface area contributed by atoms with Gasteiger partial charge in [0.05, 0.1) is 12.3 Å². The summed E-state index contributed by atoms with van der Waals surface area (Å²) in [6.45, 7) is 2.87. The molecule has 13 heavy (non-hydrogen) atoms. The molecule has 1 aromatic carbocycles. The number of rotatable bonds is 4. The van der Waals surface area contributed by atoms with E-state index in [1.807, 2.05) is 18.2 Å². The Bertz CT molecular complexity index is 276. The zero-order chi connectivity index (χ0) is 9.68. The Hall–Kier alpha value is -0.700. The summed E-state index contributed by atoms with van der Waals surface area (Å²) in [7, 11) is 0. The van der Waals surface area contributed by atoms with Gasteiger partial charge in [0.15, 0.2) is 0 Å². The summed E-state index contributed by atoms with van der Waals surface area (Å²) >= 11 is 3.35. The molecule has 2 N–H and O–H groups in total. The van der Waals surface area contributed by atoms with Gasteiger partial charge in [0.2, 0.25) is 0 Å². The van der Waals surface area contributed by atoms with Crippen molar-refractivity contribution in [3.05, 3.63) is 22.7 Å². The van der Waals surface area contributed by atoms with Crippen LogP contribution in [0.4, 0.5) is 5.69 Å². The maximum atomic E-state index is 5.79. The topological polar surface area (TPSA) is 35.2 Å². The molecule has 72 valence electrons. The van der Waals surface area contributed by atoms with E-state index in [-0.39, 0.29) is 0 Å². The van der Waals surface area contributed by atoms with Crippen molar-refractivity contribution in [2.24, 2.45) is 0 Å². The van der Waals surface area contributed by atoms with Crippen LogP contribution in [-0.2, 0) is 0 Å². The number of para-hydroxylation sites is 1. The average molecular weight is 244 g/mol. The van der Waals surface area contributed by atoms with Crippen LogP contribution in [0.25, 0.3) is 0 Å². The van der Waals surface area contributed by atoms with E-state index in [0.717, 1.165) is 29.7 Å². The van der Waals surface area contributed by atoms with Crippen LogP contribution in [0.15, 0.2) is 22.7 Å². The number of ether oxygens (including phenoxy) is 1. The number of hydrogen-bond donors (Lipinski definition) is 1. The summed E-state index contributed by atoms with van der Waals surface area (Å²) < 4.78 is 6.39. The standard InChI is InChI=1S/C10H14BrNO/c1-2-3-7-13-9-6-4-5-8(11)10(9)12/h4-6H,2-3,7,12H2,1H3. The van der Waals surface area contributed by atoms with Crippen molar-refractivity contribution in [1.29, 1.82) is 0 Å². The molecule has 1 rings (SSSR count). The molecule has 1 aromatic rings. The van der Waals surface area contributed by atoms with Gasteiger partial charge >= 0.3 is 0 Å². The molecule has 0 spiro atoms. The molecule has 3 heteroatoms. The summed E-state index contributed by atoms with van der Waals surface area (Å²) in [4.78, 5) is 0. The summed E-state index contributed by atoms with van der Waals surface area (Å²) in [6.07, 6.45) is 2.19. The van der Waals surface area contributed by atoms with Crippen LogP contribution >= 0.6 is 15.9 Å². The van der Waals surface area contributed by atoms with Gasteiger partial charge in [0, 0.05) is 4.47 Å². The maximum absolute atomic E-state index is 5.79. The molecule has 0 amide bonds. The molecule has 0 heterocycles. The largest absolute Gasteiger partial charge is 0.491 e. The van der Waals surface area contributed by atoms with E-state index in [1.54, 1.807) is 0 Å². The summed E-state index contributed by atoms with van der Waals surface area (Å²) in [5.74, 6) is 0.767. The van der Waals surface area contributed by atoms with Crippen molar-refractivity contribution in [1.82, 2.24) is 0 Å². The van der Waals surface area contributed by atoms with Gasteiger partial charge in [-0.05, 0) is 34.5 Å². The molecule has 0 aromatic heterocycles. The average Bonchev–Trinajstić information content (AvgIpc) is 2.13. The molecular weight excluding hydrogens is 230 g/mol. The zero-order valence-electron chi connectivity index (χ0n) is 7.72. The Balaban J connectivity index is 2.61. The number of nitrogen functional groups attached to an aromatic ring is 1. The highest BCUT2D eigenvalue weighted by atomic mass is 79.9. The SMILES string of the molecule is CCCCOc1cccc(Br)c1N. The van der Waals surface area contributed by atoms with Crippen molar-refractivity contribution in [2.45, 2.75) is 19.8 Å². The Kier molecular flexibility index (Phi) is 4.09. The van der Waals surface area contributed by atoms with Crippen molar-refractivity contribution in [2.75, 3.05) is 12.3 Å². The minimum atomic E-state index is 0.679. The highest BCUT2D eigenvalue weighted by Crippen LogP contribution is 2.29. The minimum absolute atomic E-state index is 0.679. The minimum Gasteiger partial charge on any atom is -0.491 e. The molecule has 0 aliphatic rings. The summed E-state index contributed by atoms with van der Waals surface area (Å²) in [6, 6.07) is 5.71. The Morgan fingerprint density at radius 3 is 2.92 bits per heavy atom. The number of benzene rings is 1. The van der Waals surface area contributed by atoms with Crippen LogP contribution < -0.4 is 10.5 Å². The number of nitrogens with two attached hydrogens (primary N) is 1. The van der Waals surface area contributed by atoms with E-state index in [1.165, 1.54) is 0 Å². The maximum Gasteiger partial charge on any atom is 0.143 e. The van der Waals surface area contributed by atoms with E-state index < -0.39 is 0 Å². The fourth-order valence-corrected chi connectivity index (χ4v) is 1.32. The van der Waals surface area contributed by atoms with Crippen molar-refractivity contribution in [3.8, 4) is 5.75 Å². The van der Waals surface area contributed by atoms with E-state index in [2.05, 4.69) is 22.9 Å². The smallest absolute Gasteiger partial charge is 0.143 e. The van der Waals surface area contributed by atoms with E-state index in [4.69, 9.17) is 10.5 Å². The molecule has 0 radical (unpaired) electrons. The molecule has 0 bridgehead atoms. The molecule has 0 atom stereocenters. The number of halogens is 1. The van der Waals surface area contributed by atoms with Crippen molar-refractivity contribution >= 4 is 21.6 Å². The van der Waals surface area contributed by atoms with Crippen LogP contribution in [0.5, 0.6) is 5.75 Å². The molecule has 0 saturated heterocycles. The van der Waals surface area contributed by atoms with Crippen LogP contribution in [0.1, 0.15) is 19.8 Å². The predicted molar refractivity (Wildman–Crippen MR) is 59.0 cm³/mol. The third-order valence-electron chi connectivity index (χ3n) is 1.77. The molecule has 0 aliphatic carbocycles. The highest BCUT2D eigenvalue weighted by Gasteiger charge is 2.02. The van der Waals surface area contributed by atoms with Crippen LogP contribution in [-0.4, -0.2) is 6.61 Å². The van der Waals surface area contributed by atoms with E-state index >= 15 is 0 Å². The van der Waals surface area contributed by atoms with Gasteiger partial charge in [-0.15, -0.1) is 0 Å². The lowest BCUT2D eigenvalue weighted by molar-refractivity contribution is 0.311. The number of anilines is 1. The first-order valence-electron chi connectivity index (χ1n) is 4.42. The highest BCUT2D eigenvalue weighted by molar-refractivity contribution is 9.10. The first-order valence-corrected chi connectivity index (χ1v) is 5.21. The zero-order valence-corrected chi connectivity index (χ0v) is 9.30. The first-order chi connectivity index (χ1) is 6.25. The van der Waals surface area contributed by atoms with Gasteiger partial charge in [-0.1, -0.05) is 19.4 Å². The second-order valence-electron chi connectivity index (χ2n) is 2.85. The predicted octanol–water partition coefficient (Wildman–Crippen LogP) is 3.21. The Labute approximate surface area is 87.2 Å². The van der Waals surface area contributed by atoms with Crippen molar-refractivity contribution < 1.29 is 4.74 Å². The fraction of sp³-hybridized carbons (Fsp3) is 0.400. The summed E-state index contributed by atoms with van der Waals surface area (Å²) in [5, 5.41) is 0. The van der Waals surface area contributed by atoms with Gasteiger partial charge in [-0.2, -0.15) is 0 Å². The van der Waals surface area contributed by atoms with Gasteiger partial charge in [0.25, 0.3) is 0 Å². The quantitative estimate of drug-likeness (QED) is 0.652. The van der Waals surface area contributed by atoms with Gasteiger partial charge in [-0.3, -0.25) is 0 Å². The van der Waals surface area contributed by atoms with Crippen molar-refractivity contribution in [3.63, 3.8) is 0 Å². The van der Waals surface area contributed by atoms with Gasteiger partial charge in [-0.25, -0.2) is 0 Å². The second-order valence-corrected chi connectivity index (χ2v) is 3.71. The third kappa shape index (κ3) is 2.92. The molecule has 0 aliphatic heterocycles. The Morgan fingerprint density at radius 2 is 2.23 bits per heavy atom. The second kappa shape index (κ2) is 5.12. The van der Waals surface area contributed by atoms with Crippen LogP contribution in [0.3, 0.4) is 0 Å². The lowest BCUT2D eigenvalue weighted by atomic mass is 10.3. The van der Waals surface area contributed by atoms with Crippen LogP contribution in [0, 0.1) is 0 Å². The van der Waals surface area contributed by atoms with Gasteiger partial charge in [0.1, 0.15) is 5.75 Å². The van der Waals surface area contributed by atoms with E-state index in [0.29, 0.717) is 5.69 Å². The van der Waals surface area contributed by atoms with Gasteiger partial charge < -0.3 is 10.5 Å². The molecule has 0 fully saturated rings. The summed E-state index contributed by atoms with van der Waals surface area (Å²) in [5.41, 5.74) is 6.47. The molecule has 2 nitrogen and oxygen atoms in total. The van der Waals surface area contributed by atoms with Crippen LogP contribution in [0.2, 0.25) is 0 Å². The normalized spacial score (nSPS) is 10.0. The number of unbranched alkanes of at least 4 members (excludes halogenated alkanes) is 1. The molecular formula is C10H14BrNO. The Morgan fingerprint density at radius 1 is 1.46 bits per heavy atom. The lowest BCUT2D eigenvalue weighted by Crippen LogP contribution is -2.00. The van der Waals surface area contributed by atoms with E-state index in [9.17, 15) is 0 Å². The third-order valence-corrected chi connectivity index (χ3v) is 2.46. The molecule has 0 saturated carbocycles. The number of hydrogen-bond acceptors (Lipinski definition) is 2. The molecule has 0 unspecified atom stereocenters.